The number of benzene rings is 2. The van der Waals surface area contributed by atoms with Gasteiger partial charge < -0.3 is 24.5 Å². The number of hydrogen-bond donors (Lipinski definition) is 1. The summed E-state index contributed by atoms with van der Waals surface area (Å²) in [5.41, 5.74) is 0.382. The van der Waals surface area contributed by atoms with E-state index in [9.17, 15) is 19.5 Å². The average molecular weight is 620 g/mol. The maximum atomic E-state index is 14.7. The van der Waals surface area contributed by atoms with Crippen LogP contribution in [0.3, 0.4) is 0 Å². The number of aliphatic hydroxyl groups excluding tert-OH is 1. The summed E-state index contributed by atoms with van der Waals surface area (Å²) in [6.07, 6.45) is 4.35. The zero-order chi connectivity index (χ0) is 31.6. The number of carbonyl (C=O) groups is 3. The van der Waals surface area contributed by atoms with Gasteiger partial charge in [0.2, 0.25) is 11.8 Å². The van der Waals surface area contributed by atoms with Gasteiger partial charge in [-0.2, -0.15) is 0 Å². The highest BCUT2D eigenvalue weighted by Crippen LogP contribution is 2.59. The van der Waals surface area contributed by atoms with Crippen LogP contribution < -0.4 is 4.90 Å². The minimum Gasteiger partial charge on any atom is -0.394 e. The summed E-state index contributed by atoms with van der Waals surface area (Å²) in [5.74, 6) is -2.26. The molecule has 234 valence electrons. The molecule has 1 spiro atoms. The van der Waals surface area contributed by atoms with E-state index in [2.05, 4.69) is 13.2 Å². The van der Waals surface area contributed by atoms with Gasteiger partial charge >= 0.3 is 0 Å². The lowest BCUT2D eigenvalue weighted by Gasteiger charge is -2.39. The van der Waals surface area contributed by atoms with Gasteiger partial charge in [0.15, 0.2) is 0 Å². The SMILES string of the molecule is C=CCN(Cc1ccccc1)C(=O)[C@@H]1[C@@H]2CCC3(O2)C(C(=O)N(CC=C)c2ccc(Cl)cc2)N([C@@H](CO)CC(C)C)C(=O)[C@H]13. The van der Waals surface area contributed by atoms with E-state index >= 15 is 0 Å². The lowest BCUT2D eigenvalue weighted by Crippen LogP contribution is -2.59. The van der Waals surface area contributed by atoms with Crippen LogP contribution in [0.25, 0.3) is 0 Å². The van der Waals surface area contributed by atoms with Gasteiger partial charge in [0.25, 0.3) is 5.91 Å². The van der Waals surface area contributed by atoms with Crippen molar-refractivity contribution in [3.8, 4) is 0 Å². The summed E-state index contributed by atoms with van der Waals surface area (Å²) >= 11 is 6.15. The Hall–Kier alpha value is -3.46. The Morgan fingerprint density at radius 2 is 1.77 bits per heavy atom. The van der Waals surface area contributed by atoms with Gasteiger partial charge in [-0.15, -0.1) is 13.2 Å². The van der Waals surface area contributed by atoms with Crippen molar-refractivity contribution in [2.45, 2.75) is 63.4 Å². The molecule has 2 aromatic rings. The molecule has 2 bridgehead atoms. The normalized spacial score (nSPS) is 26.0. The first kappa shape index (κ1) is 31.9. The van der Waals surface area contributed by atoms with Gasteiger partial charge in [0, 0.05) is 30.3 Å². The van der Waals surface area contributed by atoms with E-state index in [1.54, 1.807) is 51.1 Å². The van der Waals surface area contributed by atoms with Gasteiger partial charge in [0.1, 0.15) is 11.6 Å². The number of nitrogens with zero attached hydrogens (tertiary/aromatic N) is 3. The largest absolute Gasteiger partial charge is 0.394 e. The fourth-order valence-electron chi connectivity index (χ4n) is 7.49. The Kier molecular flexibility index (Phi) is 9.63. The predicted molar refractivity (Wildman–Crippen MR) is 171 cm³/mol. The number of rotatable bonds is 13. The molecule has 0 aliphatic carbocycles. The van der Waals surface area contributed by atoms with Gasteiger partial charge in [-0.1, -0.05) is 67.9 Å². The van der Waals surface area contributed by atoms with Gasteiger partial charge in [-0.05, 0) is 55.0 Å². The van der Waals surface area contributed by atoms with Crippen LogP contribution in [0, 0.1) is 17.8 Å². The van der Waals surface area contributed by atoms with Crippen molar-refractivity contribution in [1.82, 2.24) is 9.80 Å². The molecule has 8 nitrogen and oxygen atoms in total. The lowest BCUT2D eigenvalue weighted by molar-refractivity contribution is -0.147. The first-order chi connectivity index (χ1) is 21.2. The molecule has 2 unspecified atom stereocenters. The fourth-order valence-corrected chi connectivity index (χ4v) is 7.61. The molecular formula is C35H42ClN3O5. The topological polar surface area (TPSA) is 90.4 Å². The number of amides is 3. The van der Waals surface area contributed by atoms with Crippen molar-refractivity contribution in [3.63, 3.8) is 0 Å². The van der Waals surface area contributed by atoms with Crippen LogP contribution in [0.1, 0.15) is 38.7 Å². The minimum atomic E-state index is -1.19. The molecule has 3 saturated heterocycles. The second-order valence-corrected chi connectivity index (χ2v) is 12.9. The lowest BCUT2D eigenvalue weighted by atomic mass is 9.70. The van der Waals surface area contributed by atoms with Crippen molar-refractivity contribution < 1.29 is 24.2 Å². The molecule has 0 aromatic heterocycles. The van der Waals surface area contributed by atoms with E-state index in [4.69, 9.17) is 16.3 Å². The Morgan fingerprint density at radius 1 is 1.09 bits per heavy atom. The first-order valence-corrected chi connectivity index (χ1v) is 15.8. The summed E-state index contributed by atoms with van der Waals surface area (Å²) in [6, 6.07) is 15.0. The Labute approximate surface area is 264 Å². The number of aliphatic hydroxyl groups is 1. The zero-order valence-corrected chi connectivity index (χ0v) is 26.2. The Morgan fingerprint density at radius 3 is 2.39 bits per heavy atom. The highest BCUT2D eigenvalue weighted by molar-refractivity contribution is 6.30. The zero-order valence-electron chi connectivity index (χ0n) is 25.5. The molecule has 3 fully saturated rings. The monoisotopic (exact) mass is 619 g/mol. The standard InChI is InChI=1S/C35H42ClN3O5/c1-5-18-37(21-24-10-8-7-9-11-24)32(41)29-28-16-17-35(44-28)30(29)33(42)39(27(22-40)20-23(3)4)31(35)34(43)38(19-6-2)26-14-12-25(36)13-15-26/h5-15,23,27-31,40H,1-2,16-22H2,3-4H3/t27-,28+,29-,30+,31?,35?/m1/s1. The predicted octanol–water partition coefficient (Wildman–Crippen LogP) is 4.86. The third-order valence-corrected chi connectivity index (χ3v) is 9.45. The molecule has 3 aliphatic heterocycles. The minimum absolute atomic E-state index is 0.151. The summed E-state index contributed by atoms with van der Waals surface area (Å²) in [4.78, 5) is 48.6. The molecule has 3 aliphatic rings. The Balaban J connectivity index is 1.57. The summed E-state index contributed by atoms with van der Waals surface area (Å²) in [5, 5.41) is 11.1. The molecule has 6 atom stereocenters. The van der Waals surface area contributed by atoms with E-state index in [1.165, 1.54) is 0 Å². The van der Waals surface area contributed by atoms with Crippen LogP contribution in [-0.2, 0) is 25.7 Å². The number of ether oxygens (including phenoxy) is 1. The van der Waals surface area contributed by atoms with Crippen LogP contribution >= 0.6 is 11.6 Å². The molecule has 3 heterocycles. The second-order valence-electron chi connectivity index (χ2n) is 12.5. The maximum Gasteiger partial charge on any atom is 0.253 e. The molecule has 0 saturated carbocycles. The molecule has 2 aromatic carbocycles. The maximum absolute atomic E-state index is 14.7. The summed E-state index contributed by atoms with van der Waals surface area (Å²) in [7, 11) is 0. The van der Waals surface area contributed by atoms with Crippen LogP contribution in [0.4, 0.5) is 5.69 Å². The van der Waals surface area contributed by atoms with E-state index < -0.39 is 35.6 Å². The third kappa shape index (κ3) is 5.71. The first-order valence-electron chi connectivity index (χ1n) is 15.4. The number of hydrogen-bond acceptors (Lipinski definition) is 5. The van der Waals surface area contributed by atoms with Crippen molar-refractivity contribution in [2.24, 2.45) is 17.8 Å². The average Bonchev–Trinajstić information content (AvgIpc) is 3.66. The van der Waals surface area contributed by atoms with Crippen LogP contribution in [0.15, 0.2) is 79.9 Å². The third-order valence-electron chi connectivity index (χ3n) is 9.20. The van der Waals surface area contributed by atoms with Crippen LogP contribution in [-0.4, -0.2) is 76.1 Å². The smallest absolute Gasteiger partial charge is 0.253 e. The number of likely N-dealkylation sites (tertiary alicyclic amines) is 1. The molecular weight excluding hydrogens is 578 g/mol. The van der Waals surface area contributed by atoms with Gasteiger partial charge in [-0.25, -0.2) is 0 Å². The van der Waals surface area contributed by atoms with E-state index in [0.29, 0.717) is 43.1 Å². The quantitative estimate of drug-likeness (QED) is 0.324. The fraction of sp³-hybridized carbons (Fsp3) is 0.457. The second kappa shape index (κ2) is 13.3. The molecule has 0 radical (unpaired) electrons. The van der Waals surface area contributed by atoms with Crippen molar-refractivity contribution in [1.29, 1.82) is 0 Å². The highest BCUT2D eigenvalue weighted by Gasteiger charge is 2.75. The molecule has 9 heteroatoms. The van der Waals surface area contributed by atoms with E-state index in [-0.39, 0.29) is 36.8 Å². The van der Waals surface area contributed by atoms with Crippen molar-refractivity contribution in [3.05, 3.63) is 90.5 Å². The summed E-state index contributed by atoms with van der Waals surface area (Å²) < 4.78 is 6.70. The van der Waals surface area contributed by atoms with Gasteiger partial charge in [-0.3, -0.25) is 14.4 Å². The summed E-state index contributed by atoms with van der Waals surface area (Å²) in [6.45, 7) is 12.3. The Bertz CT molecular complexity index is 1380. The van der Waals surface area contributed by atoms with Crippen LogP contribution in [0.2, 0.25) is 5.02 Å². The van der Waals surface area contributed by atoms with Crippen LogP contribution in [0.5, 0.6) is 0 Å². The van der Waals surface area contributed by atoms with Gasteiger partial charge in [0.05, 0.1) is 30.6 Å². The molecule has 3 amide bonds. The molecule has 1 N–H and O–H groups in total. The number of fused-ring (bicyclic) bond motifs is 1. The molecule has 5 rings (SSSR count). The van der Waals surface area contributed by atoms with E-state index in [0.717, 1.165) is 5.56 Å². The number of carbonyl (C=O) groups excluding carboxylic acids is 3. The molecule has 44 heavy (non-hydrogen) atoms. The van der Waals surface area contributed by atoms with Crippen molar-refractivity contribution >= 4 is 35.0 Å². The number of halogens is 1. The van der Waals surface area contributed by atoms with E-state index in [1.807, 2.05) is 44.2 Å². The van der Waals surface area contributed by atoms with Crippen molar-refractivity contribution in [2.75, 3.05) is 24.6 Å². The number of anilines is 1. The highest BCUT2D eigenvalue weighted by atomic mass is 35.5.